The molecule has 0 aromatic rings. The van der Waals surface area contributed by atoms with Crippen LogP contribution in [0.1, 0.15) is 18.5 Å². The zero-order chi connectivity index (χ0) is 13.5. The van der Waals surface area contributed by atoms with Crippen molar-refractivity contribution in [1.29, 1.82) is 0 Å². The van der Waals surface area contributed by atoms with Gasteiger partial charge in [0, 0.05) is 0 Å². The van der Waals surface area contributed by atoms with E-state index in [9.17, 15) is 22.8 Å². The van der Waals surface area contributed by atoms with Gasteiger partial charge < -0.3 is 15.0 Å². The first kappa shape index (κ1) is 34.6. The van der Waals surface area contributed by atoms with Crippen LogP contribution in [0.25, 0.3) is 0 Å². The molecule has 15 heteroatoms. The molecule has 0 amide bonds. The van der Waals surface area contributed by atoms with Crippen LogP contribution >= 0.6 is 0 Å². The maximum Gasteiger partial charge on any atom is 1.00 e. The number of hydrogen-bond donors (Lipinski definition) is 2. The number of carboxylic acids is 1. The Labute approximate surface area is 215 Å². The second-order valence-corrected chi connectivity index (χ2v) is 3.52. The molecule has 0 saturated heterocycles. The topological polar surface area (TPSA) is 154 Å². The van der Waals surface area contributed by atoms with Gasteiger partial charge in [-0.05, 0) is 0 Å². The van der Waals surface area contributed by atoms with E-state index in [0.717, 1.165) is 0 Å². The summed E-state index contributed by atoms with van der Waals surface area (Å²) in [6.45, 7) is -0.874. The van der Waals surface area contributed by atoms with E-state index in [1.807, 2.05) is 0 Å². The summed E-state index contributed by atoms with van der Waals surface area (Å²) in [4.78, 5) is 39.1. The maximum atomic E-state index is 10.7. The van der Waals surface area contributed by atoms with Gasteiger partial charge in [-0.25, -0.2) is 9.59 Å². The fourth-order valence-electron chi connectivity index (χ4n) is 0.551. The molecule has 0 saturated carbocycles. The average Bonchev–Trinajstić information content (AvgIpc) is 2.11. The van der Waals surface area contributed by atoms with Crippen LogP contribution in [0.5, 0.6) is 0 Å². The number of hydrogen-bond acceptors (Lipinski definition) is 8. The summed E-state index contributed by atoms with van der Waals surface area (Å²) in [6.07, 6.45) is -1.29. The Kier molecular flexibility index (Phi) is 30.7. The molecule has 0 unspecified atom stereocenters. The first-order valence-electron chi connectivity index (χ1n) is 3.94. The first-order valence-corrected chi connectivity index (χ1v) is 5.31. The molecule has 0 aromatic heterocycles. The van der Waals surface area contributed by atoms with Crippen molar-refractivity contribution in [2.45, 2.75) is 12.8 Å². The molecule has 21 heavy (non-hydrogen) atoms. The Hall–Kier alpha value is 2.28. The van der Waals surface area contributed by atoms with Gasteiger partial charge in [-0.2, -0.15) is 13.3 Å². The summed E-state index contributed by atoms with van der Waals surface area (Å²) >= 11 is 0. The van der Waals surface area contributed by atoms with E-state index in [1.165, 1.54) is 0 Å². The Balaban J connectivity index is -0.0000000457. The molecule has 0 rings (SSSR count). The quantitative estimate of drug-likeness (QED) is 0.192. The molecule has 0 radical (unpaired) electrons. The molecule has 106 valence electrons. The molecule has 0 spiro atoms. The number of rotatable bonds is 7. The van der Waals surface area contributed by atoms with E-state index in [2.05, 4.69) is 14.0 Å². The molecule has 0 aliphatic heterocycles. The third-order valence-electron chi connectivity index (χ3n) is 1.07. The van der Waals surface area contributed by atoms with Crippen molar-refractivity contribution in [3.8, 4) is 0 Å². The van der Waals surface area contributed by atoms with Gasteiger partial charge in [-0.1, -0.05) is 0 Å². The smallest absolute Gasteiger partial charge is 1.00 e. The van der Waals surface area contributed by atoms with Gasteiger partial charge >= 0.3 is 147 Å². The second kappa shape index (κ2) is 18.6. The summed E-state index contributed by atoms with van der Waals surface area (Å²) < 4.78 is 31.6. The van der Waals surface area contributed by atoms with Crippen LogP contribution in [-0.2, 0) is 38.7 Å². The normalized spacial score (nSPS) is 8.62. The van der Waals surface area contributed by atoms with Crippen molar-refractivity contribution in [3.63, 3.8) is 0 Å². The van der Waals surface area contributed by atoms with Gasteiger partial charge in [0.2, 0.25) is 0 Å². The van der Waals surface area contributed by atoms with Gasteiger partial charge in [0.15, 0.2) is 6.61 Å². The van der Waals surface area contributed by atoms with Gasteiger partial charge in [0.1, 0.15) is 0 Å². The Morgan fingerprint density at radius 2 is 1.38 bits per heavy atom. The molecular formula is C6H12Na4O10S. The van der Waals surface area contributed by atoms with Crippen LogP contribution in [0.2, 0.25) is 0 Å². The molecule has 0 bridgehead atoms. The summed E-state index contributed by atoms with van der Waals surface area (Å²) in [5.41, 5.74) is 0. The van der Waals surface area contributed by atoms with Gasteiger partial charge in [0.25, 0.3) is 0 Å². The Bertz CT molecular complexity index is 426. The number of carbonyl (C=O) groups excluding carboxylic acids is 2. The van der Waals surface area contributed by atoms with Crippen LogP contribution in [0.15, 0.2) is 0 Å². The third-order valence-corrected chi connectivity index (χ3v) is 1.46. The van der Waals surface area contributed by atoms with Gasteiger partial charge in [-0.15, -0.1) is 0 Å². The second-order valence-electron chi connectivity index (χ2n) is 2.49. The van der Waals surface area contributed by atoms with Gasteiger partial charge in [-0.3, -0.25) is 14.2 Å². The van der Waals surface area contributed by atoms with E-state index in [1.54, 1.807) is 0 Å². The molecule has 0 atom stereocenters. The number of carboxylic acid groups (broad SMARTS) is 1. The van der Waals surface area contributed by atoms with Crippen molar-refractivity contribution in [2.24, 2.45) is 0 Å². The number of aliphatic carboxylic acids is 1. The largest absolute Gasteiger partial charge is 1.00 e. The van der Waals surface area contributed by atoms with Crippen molar-refractivity contribution < 1.29 is 170 Å². The van der Waals surface area contributed by atoms with Crippen molar-refractivity contribution in [1.82, 2.24) is 0 Å². The minimum absolute atomic E-state index is 0. The van der Waals surface area contributed by atoms with Crippen LogP contribution in [-0.4, -0.2) is 42.6 Å². The molecule has 2 N–H and O–H groups in total. The van der Waals surface area contributed by atoms with Crippen molar-refractivity contribution >= 4 is 28.3 Å². The Morgan fingerprint density at radius 1 is 0.952 bits per heavy atom. The molecular weight excluding hydrogens is 356 g/mol. The van der Waals surface area contributed by atoms with Gasteiger partial charge in [0.05, 0.1) is 12.8 Å². The summed E-state index contributed by atoms with van der Waals surface area (Å²) in [7, 11) is -4.91. The third kappa shape index (κ3) is 27.4. The van der Waals surface area contributed by atoms with E-state index in [-0.39, 0.29) is 124 Å². The van der Waals surface area contributed by atoms with Crippen LogP contribution in [0.3, 0.4) is 0 Å². The summed E-state index contributed by atoms with van der Waals surface area (Å²) in [6, 6.07) is 0. The summed E-state index contributed by atoms with van der Waals surface area (Å²) in [5, 5.41) is 8.09. The SMILES string of the molecule is O=C(O)COOC(=O)CCC(=O)OS(=O)(=O)O.[H-].[H-].[H-].[H-].[Na+].[Na+].[Na+].[Na+]. The van der Waals surface area contributed by atoms with E-state index in [0.29, 0.717) is 0 Å². The zero-order valence-electron chi connectivity index (χ0n) is 16.2. The molecule has 0 aliphatic rings. The van der Waals surface area contributed by atoms with E-state index in [4.69, 9.17) is 9.66 Å². The fourth-order valence-corrected chi connectivity index (χ4v) is 0.869. The molecule has 10 nitrogen and oxygen atoms in total. The summed E-state index contributed by atoms with van der Waals surface area (Å²) in [5.74, 6) is -3.84. The predicted octanol–water partition coefficient (Wildman–Crippen LogP) is -12.9. The van der Waals surface area contributed by atoms with E-state index < -0.39 is 47.8 Å². The minimum Gasteiger partial charge on any atom is -1.00 e. The fraction of sp³-hybridized carbons (Fsp3) is 0.500. The van der Waals surface area contributed by atoms with Crippen LogP contribution in [0, 0.1) is 0 Å². The first-order chi connectivity index (χ1) is 7.70. The van der Waals surface area contributed by atoms with Crippen LogP contribution in [0.4, 0.5) is 0 Å². The molecule has 0 fully saturated rings. The van der Waals surface area contributed by atoms with E-state index >= 15 is 0 Å². The minimum atomic E-state index is -4.91. The predicted molar refractivity (Wildman–Crippen MR) is 51.0 cm³/mol. The van der Waals surface area contributed by atoms with Crippen molar-refractivity contribution in [3.05, 3.63) is 0 Å². The Morgan fingerprint density at radius 3 is 1.76 bits per heavy atom. The molecule has 0 aliphatic carbocycles. The average molecular weight is 368 g/mol. The molecule has 0 heterocycles. The molecule has 0 aromatic carbocycles. The maximum absolute atomic E-state index is 10.7. The zero-order valence-corrected chi connectivity index (χ0v) is 21.0. The van der Waals surface area contributed by atoms with Crippen molar-refractivity contribution in [2.75, 3.05) is 6.61 Å². The van der Waals surface area contributed by atoms with Crippen LogP contribution < -0.4 is 118 Å². The monoisotopic (exact) mass is 368 g/mol. The number of carbonyl (C=O) groups is 3. The standard InChI is InChI=1S/C6H8O10S.4Na.4H/c7-4(8)3-14-15-5(9)1-2-6(10)16-17(11,12)13;;;;;;;;/h1-3H2,(H,7,8)(H,11,12,13);;;;;;;;/q;4*+1;4*-1.